The molecule has 1 amide bonds. The average Bonchev–Trinajstić information content (AvgIpc) is 3.39. The minimum absolute atomic E-state index is 0.0213. The standard InChI is InChI=1S/C21H21ClF2N6O3/c22-11-3-10(4-12(23)5-11)15-6-13(24)7-30(15)21(32)18-17-19(25-9-26-20(17)29-28-18)27-14-1-2-33-8-16(14)31/h3-5,9,13-16,31H,1-2,6-8H2,(H2,25,26,27,28,29)/t13-,14+,15?,16+/m0/s1. The Morgan fingerprint density at radius 3 is 2.97 bits per heavy atom. The summed E-state index contributed by atoms with van der Waals surface area (Å²) >= 11 is 5.99. The number of aliphatic hydroxyl groups excluding tert-OH is 1. The van der Waals surface area contributed by atoms with E-state index in [0.29, 0.717) is 29.8 Å². The molecule has 4 atom stereocenters. The largest absolute Gasteiger partial charge is 0.389 e. The second-order valence-electron chi connectivity index (χ2n) is 8.21. The van der Waals surface area contributed by atoms with Crippen molar-refractivity contribution >= 4 is 34.4 Å². The first-order chi connectivity index (χ1) is 15.9. The molecular formula is C21H21ClF2N6O3. The van der Waals surface area contributed by atoms with Gasteiger partial charge in [0, 0.05) is 18.1 Å². The van der Waals surface area contributed by atoms with Crippen LogP contribution in [-0.2, 0) is 4.74 Å². The van der Waals surface area contributed by atoms with Gasteiger partial charge in [-0.15, -0.1) is 0 Å². The average molecular weight is 479 g/mol. The molecule has 0 saturated carbocycles. The van der Waals surface area contributed by atoms with E-state index in [-0.39, 0.29) is 42.0 Å². The molecule has 1 aromatic carbocycles. The van der Waals surface area contributed by atoms with Gasteiger partial charge in [0.1, 0.15) is 29.8 Å². The van der Waals surface area contributed by atoms with Gasteiger partial charge in [-0.1, -0.05) is 11.6 Å². The molecule has 3 aromatic rings. The van der Waals surface area contributed by atoms with Gasteiger partial charge in [-0.3, -0.25) is 9.89 Å². The number of anilines is 1. The van der Waals surface area contributed by atoms with Crippen LogP contribution in [0.25, 0.3) is 11.0 Å². The van der Waals surface area contributed by atoms with Crippen molar-refractivity contribution in [1.29, 1.82) is 0 Å². The summed E-state index contributed by atoms with van der Waals surface area (Å²) in [6.07, 6.45) is -0.153. The highest BCUT2D eigenvalue weighted by Crippen LogP contribution is 2.37. The molecule has 2 fully saturated rings. The molecule has 0 bridgehead atoms. The van der Waals surface area contributed by atoms with Crippen LogP contribution in [0.1, 0.15) is 34.9 Å². The first-order valence-electron chi connectivity index (χ1n) is 10.5. The number of hydrogen-bond donors (Lipinski definition) is 3. The lowest BCUT2D eigenvalue weighted by molar-refractivity contribution is -0.0135. The summed E-state index contributed by atoms with van der Waals surface area (Å²) in [5.41, 5.74) is 0.743. The number of halogens is 3. The molecule has 2 aromatic heterocycles. The second-order valence-corrected chi connectivity index (χ2v) is 8.65. The number of rotatable bonds is 4. The number of amides is 1. The Bertz CT molecular complexity index is 1170. The quantitative estimate of drug-likeness (QED) is 0.528. The van der Waals surface area contributed by atoms with Crippen molar-refractivity contribution in [3.8, 4) is 0 Å². The SMILES string of the molecule is O=C(c1[nH]nc2ncnc(N[C@@H]3CCOC[C@H]3O)c12)N1C[C@@H](F)CC1c1cc(F)cc(Cl)c1. The molecule has 2 aliphatic rings. The van der Waals surface area contributed by atoms with Crippen molar-refractivity contribution in [3.63, 3.8) is 0 Å². The van der Waals surface area contributed by atoms with Crippen LogP contribution in [0.2, 0.25) is 5.02 Å². The second kappa shape index (κ2) is 8.81. The summed E-state index contributed by atoms with van der Waals surface area (Å²) in [5.74, 6) is -0.757. The van der Waals surface area contributed by atoms with Crippen molar-refractivity contribution in [3.05, 3.63) is 46.6 Å². The molecule has 0 aliphatic carbocycles. The maximum Gasteiger partial charge on any atom is 0.273 e. The van der Waals surface area contributed by atoms with Gasteiger partial charge < -0.3 is 20.1 Å². The zero-order valence-corrected chi connectivity index (χ0v) is 18.1. The lowest BCUT2D eigenvalue weighted by atomic mass is 10.0. The molecule has 0 spiro atoms. The zero-order valence-electron chi connectivity index (χ0n) is 17.3. The summed E-state index contributed by atoms with van der Waals surface area (Å²) in [6.45, 7) is 0.504. The molecule has 174 valence electrons. The Kier molecular flexibility index (Phi) is 5.85. The van der Waals surface area contributed by atoms with E-state index in [9.17, 15) is 18.7 Å². The Morgan fingerprint density at radius 2 is 2.18 bits per heavy atom. The van der Waals surface area contributed by atoms with Crippen LogP contribution in [0.15, 0.2) is 24.5 Å². The predicted octanol–water partition coefficient (Wildman–Crippen LogP) is 2.63. The van der Waals surface area contributed by atoms with Gasteiger partial charge in [0.2, 0.25) is 0 Å². The number of alkyl halides is 1. The lowest BCUT2D eigenvalue weighted by Gasteiger charge is -2.29. The highest BCUT2D eigenvalue weighted by Gasteiger charge is 2.39. The zero-order chi connectivity index (χ0) is 23.1. The fraction of sp³-hybridized carbons (Fsp3) is 0.429. The molecule has 3 N–H and O–H groups in total. The monoisotopic (exact) mass is 478 g/mol. The molecule has 4 heterocycles. The third-order valence-electron chi connectivity index (χ3n) is 5.99. The van der Waals surface area contributed by atoms with E-state index >= 15 is 0 Å². The fourth-order valence-electron chi connectivity index (χ4n) is 4.42. The minimum atomic E-state index is -1.28. The highest BCUT2D eigenvalue weighted by molar-refractivity contribution is 6.30. The molecule has 1 unspecified atom stereocenters. The third-order valence-corrected chi connectivity index (χ3v) is 6.21. The van der Waals surface area contributed by atoms with Gasteiger partial charge in [-0.05, 0) is 30.2 Å². The van der Waals surface area contributed by atoms with Crippen LogP contribution in [0.4, 0.5) is 14.6 Å². The smallest absolute Gasteiger partial charge is 0.273 e. The normalized spacial score (nSPS) is 25.5. The molecule has 9 nitrogen and oxygen atoms in total. The van der Waals surface area contributed by atoms with E-state index in [0.717, 1.165) is 6.07 Å². The van der Waals surface area contributed by atoms with Crippen LogP contribution in [0.3, 0.4) is 0 Å². The van der Waals surface area contributed by atoms with E-state index in [1.54, 1.807) is 0 Å². The van der Waals surface area contributed by atoms with Crippen molar-refractivity contribution in [2.75, 3.05) is 25.1 Å². The number of nitrogens with one attached hydrogen (secondary N) is 2. The van der Waals surface area contributed by atoms with Crippen molar-refractivity contribution in [2.24, 2.45) is 0 Å². The third kappa shape index (κ3) is 4.23. The van der Waals surface area contributed by atoms with Gasteiger partial charge in [-0.25, -0.2) is 18.7 Å². The van der Waals surface area contributed by atoms with Gasteiger partial charge in [-0.2, -0.15) is 5.10 Å². The highest BCUT2D eigenvalue weighted by atomic mass is 35.5. The van der Waals surface area contributed by atoms with Crippen LogP contribution in [0, 0.1) is 5.82 Å². The summed E-state index contributed by atoms with van der Waals surface area (Å²) in [6, 6.07) is 2.90. The summed E-state index contributed by atoms with van der Waals surface area (Å²) in [7, 11) is 0. The first-order valence-corrected chi connectivity index (χ1v) is 10.9. The number of aromatic nitrogens is 4. The van der Waals surface area contributed by atoms with E-state index in [1.807, 2.05) is 0 Å². The van der Waals surface area contributed by atoms with Gasteiger partial charge >= 0.3 is 0 Å². The van der Waals surface area contributed by atoms with Crippen molar-refractivity contribution in [1.82, 2.24) is 25.1 Å². The number of likely N-dealkylation sites (tertiary alicyclic amines) is 1. The summed E-state index contributed by atoms with van der Waals surface area (Å²) < 4.78 is 33.6. The number of aliphatic hydroxyl groups is 1. The molecule has 33 heavy (non-hydrogen) atoms. The number of nitrogens with zero attached hydrogens (tertiary/aromatic N) is 4. The molecule has 0 radical (unpaired) electrons. The van der Waals surface area contributed by atoms with Crippen LogP contribution in [0.5, 0.6) is 0 Å². The van der Waals surface area contributed by atoms with Gasteiger partial charge in [0.25, 0.3) is 5.91 Å². The van der Waals surface area contributed by atoms with E-state index in [4.69, 9.17) is 16.3 Å². The van der Waals surface area contributed by atoms with Gasteiger partial charge in [0.15, 0.2) is 5.65 Å². The van der Waals surface area contributed by atoms with Gasteiger partial charge in [0.05, 0.1) is 36.7 Å². The number of hydrogen-bond acceptors (Lipinski definition) is 7. The Hall–Kier alpha value is -2.89. The minimum Gasteiger partial charge on any atom is -0.389 e. The number of aromatic amines is 1. The number of carbonyl (C=O) groups is 1. The predicted molar refractivity (Wildman–Crippen MR) is 115 cm³/mol. The molecule has 12 heteroatoms. The van der Waals surface area contributed by atoms with E-state index < -0.39 is 30.0 Å². The van der Waals surface area contributed by atoms with E-state index in [1.165, 1.54) is 23.4 Å². The number of ether oxygens (including phenoxy) is 1. The lowest BCUT2D eigenvalue weighted by Crippen LogP contribution is -2.42. The Balaban J connectivity index is 1.50. The molecule has 2 aliphatic heterocycles. The number of carbonyl (C=O) groups excluding carboxylic acids is 1. The Labute approximate surface area is 192 Å². The Morgan fingerprint density at radius 1 is 1.33 bits per heavy atom. The van der Waals surface area contributed by atoms with Crippen molar-refractivity contribution < 1.29 is 23.4 Å². The number of H-pyrrole nitrogens is 1. The van der Waals surface area contributed by atoms with Crippen LogP contribution < -0.4 is 5.32 Å². The van der Waals surface area contributed by atoms with Crippen LogP contribution in [-0.4, -0.2) is 74.2 Å². The number of fused-ring (bicyclic) bond motifs is 1. The topological polar surface area (TPSA) is 116 Å². The molecule has 2 saturated heterocycles. The maximum atomic E-state index is 14.4. The first kappa shape index (κ1) is 21.9. The van der Waals surface area contributed by atoms with Crippen molar-refractivity contribution in [2.45, 2.75) is 37.2 Å². The molecule has 5 rings (SSSR count). The summed E-state index contributed by atoms with van der Waals surface area (Å²) in [4.78, 5) is 23.2. The number of benzene rings is 1. The molecular weight excluding hydrogens is 458 g/mol. The van der Waals surface area contributed by atoms with E-state index in [2.05, 4.69) is 25.5 Å². The summed E-state index contributed by atoms with van der Waals surface area (Å²) in [5, 5.41) is 20.7. The maximum absolute atomic E-state index is 14.4. The fourth-order valence-corrected chi connectivity index (χ4v) is 4.65. The van der Waals surface area contributed by atoms with Crippen LogP contribution >= 0.6 is 11.6 Å².